The predicted octanol–water partition coefficient (Wildman–Crippen LogP) is 1.03. The van der Waals surface area contributed by atoms with Crippen molar-refractivity contribution in [1.29, 1.82) is 0 Å². The first kappa shape index (κ1) is 11.0. The molecule has 70 valence electrons. The second kappa shape index (κ2) is 6.70. The minimum atomic E-state index is 0.0443. The topological polar surface area (TPSA) is 41.1 Å². The molecule has 0 aliphatic heterocycles. The highest BCUT2D eigenvalue weighted by Gasteiger charge is 1.90. The Morgan fingerprint density at radius 1 is 1.17 bits per heavy atom. The van der Waals surface area contributed by atoms with Gasteiger partial charge in [0.1, 0.15) is 0 Å². The molecule has 0 rings (SSSR count). The van der Waals surface area contributed by atoms with Crippen LogP contribution in [0.3, 0.4) is 0 Å². The average Bonchev–Trinajstić information content (AvgIpc) is 1.95. The lowest BCUT2D eigenvalue weighted by atomic mass is 10.3. The monoisotopic (exact) mass is 170 g/mol. The van der Waals surface area contributed by atoms with Gasteiger partial charge in [-0.15, -0.1) is 0 Å². The maximum atomic E-state index is 10.4. The fraction of sp³-hybridized carbons (Fsp3) is 0.667. The Labute approximate surface area is 74.2 Å². The van der Waals surface area contributed by atoms with Gasteiger partial charge >= 0.3 is 0 Å². The fourth-order valence-corrected chi connectivity index (χ4v) is 0.816. The molecule has 0 atom stereocenters. The molecule has 0 aliphatic rings. The molecule has 12 heavy (non-hydrogen) atoms. The summed E-state index contributed by atoms with van der Waals surface area (Å²) in [7, 11) is 0. The molecule has 0 aromatic rings. The summed E-state index contributed by atoms with van der Waals surface area (Å²) >= 11 is 0. The normalized spacial score (nSPS) is 9.17. The van der Waals surface area contributed by atoms with Crippen molar-refractivity contribution in [3.63, 3.8) is 0 Å². The minimum Gasteiger partial charge on any atom is -0.389 e. The van der Waals surface area contributed by atoms with Crippen molar-refractivity contribution < 1.29 is 4.79 Å². The van der Waals surface area contributed by atoms with E-state index in [9.17, 15) is 4.79 Å². The summed E-state index contributed by atoms with van der Waals surface area (Å²) in [6.45, 7) is 8.90. The van der Waals surface area contributed by atoms with Gasteiger partial charge < -0.3 is 10.6 Å². The van der Waals surface area contributed by atoms with Gasteiger partial charge in [-0.05, 0) is 19.8 Å². The van der Waals surface area contributed by atoms with E-state index < -0.39 is 0 Å². The van der Waals surface area contributed by atoms with Crippen LogP contribution in [0.4, 0.5) is 0 Å². The zero-order chi connectivity index (χ0) is 9.40. The van der Waals surface area contributed by atoms with Crippen molar-refractivity contribution in [3.8, 4) is 0 Å². The number of allylic oxidation sites excluding steroid dienone is 1. The third kappa shape index (κ3) is 9.01. The first-order chi connectivity index (χ1) is 5.63. The maximum absolute atomic E-state index is 10.4. The molecule has 0 aromatic heterocycles. The van der Waals surface area contributed by atoms with Crippen LogP contribution in [0.1, 0.15) is 26.7 Å². The van der Waals surface area contributed by atoms with Crippen LogP contribution in [-0.4, -0.2) is 19.0 Å². The lowest BCUT2D eigenvalue weighted by Gasteiger charge is -2.04. The number of unbranched alkanes of at least 4 members (excludes halogenated alkanes) is 1. The summed E-state index contributed by atoms with van der Waals surface area (Å²) in [5.74, 6) is 0.0443. The minimum absolute atomic E-state index is 0.0443. The van der Waals surface area contributed by atoms with Crippen LogP contribution < -0.4 is 10.6 Å². The van der Waals surface area contributed by atoms with E-state index in [1.807, 2.05) is 6.92 Å². The Balaban J connectivity index is 3.01. The zero-order valence-corrected chi connectivity index (χ0v) is 7.94. The summed E-state index contributed by atoms with van der Waals surface area (Å²) in [4.78, 5) is 10.4. The highest BCUT2D eigenvalue weighted by Crippen LogP contribution is 1.86. The van der Waals surface area contributed by atoms with Gasteiger partial charge in [-0.2, -0.15) is 0 Å². The maximum Gasteiger partial charge on any atom is 0.216 e. The van der Waals surface area contributed by atoms with E-state index in [1.54, 1.807) is 0 Å². The van der Waals surface area contributed by atoms with E-state index in [4.69, 9.17) is 0 Å². The van der Waals surface area contributed by atoms with Crippen molar-refractivity contribution in [3.05, 3.63) is 12.3 Å². The lowest BCUT2D eigenvalue weighted by molar-refractivity contribution is -0.118. The van der Waals surface area contributed by atoms with Crippen LogP contribution in [0.25, 0.3) is 0 Å². The van der Waals surface area contributed by atoms with E-state index in [2.05, 4.69) is 17.2 Å². The third-order valence-electron chi connectivity index (χ3n) is 1.40. The van der Waals surface area contributed by atoms with Crippen LogP contribution in [0.15, 0.2) is 12.3 Å². The van der Waals surface area contributed by atoms with Gasteiger partial charge in [0.25, 0.3) is 0 Å². The molecule has 0 heterocycles. The highest BCUT2D eigenvalue weighted by molar-refractivity contribution is 5.72. The average molecular weight is 170 g/mol. The molecular weight excluding hydrogens is 152 g/mol. The Morgan fingerprint density at radius 2 is 1.67 bits per heavy atom. The summed E-state index contributed by atoms with van der Waals surface area (Å²) < 4.78 is 0. The van der Waals surface area contributed by atoms with Crippen molar-refractivity contribution in [2.75, 3.05) is 13.1 Å². The molecule has 0 radical (unpaired) electrons. The molecule has 0 fully saturated rings. The first-order valence-electron chi connectivity index (χ1n) is 4.26. The van der Waals surface area contributed by atoms with E-state index in [0.717, 1.165) is 31.6 Å². The number of rotatable bonds is 6. The van der Waals surface area contributed by atoms with Gasteiger partial charge in [0.15, 0.2) is 0 Å². The Kier molecular flexibility index (Phi) is 6.15. The molecule has 0 bridgehead atoms. The number of carbonyl (C=O) groups is 1. The molecule has 2 N–H and O–H groups in total. The van der Waals surface area contributed by atoms with E-state index in [1.165, 1.54) is 6.92 Å². The second-order valence-corrected chi connectivity index (χ2v) is 2.90. The lowest BCUT2D eigenvalue weighted by Crippen LogP contribution is -2.22. The van der Waals surface area contributed by atoms with E-state index in [0.29, 0.717) is 0 Å². The number of hydrogen-bond donors (Lipinski definition) is 2. The molecule has 0 saturated heterocycles. The number of amides is 1. The molecular formula is C9H18N2O. The summed E-state index contributed by atoms with van der Waals surface area (Å²) in [6, 6.07) is 0. The van der Waals surface area contributed by atoms with E-state index >= 15 is 0 Å². The van der Waals surface area contributed by atoms with Gasteiger partial charge in [0.2, 0.25) is 5.91 Å². The summed E-state index contributed by atoms with van der Waals surface area (Å²) in [5, 5.41) is 5.87. The van der Waals surface area contributed by atoms with Crippen molar-refractivity contribution >= 4 is 5.91 Å². The summed E-state index contributed by atoms with van der Waals surface area (Å²) in [5.41, 5.74) is 0.995. The van der Waals surface area contributed by atoms with Gasteiger partial charge in [-0.1, -0.05) is 6.58 Å². The molecule has 0 unspecified atom stereocenters. The van der Waals surface area contributed by atoms with Crippen LogP contribution in [-0.2, 0) is 4.79 Å². The SMILES string of the molecule is C=C(C)NCCCCNC(C)=O. The van der Waals surface area contributed by atoms with Gasteiger partial charge in [-0.3, -0.25) is 4.79 Å². The fourth-order valence-electron chi connectivity index (χ4n) is 0.816. The smallest absolute Gasteiger partial charge is 0.216 e. The van der Waals surface area contributed by atoms with Crippen molar-refractivity contribution in [2.24, 2.45) is 0 Å². The first-order valence-corrected chi connectivity index (χ1v) is 4.26. The van der Waals surface area contributed by atoms with Gasteiger partial charge in [-0.25, -0.2) is 0 Å². The molecule has 3 heteroatoms. The van der Waals surface area contributed by atoms with Crippen molar-refractivity contribution in [1.82, 2.24) is 10.6 Å². The number of hydrogen-bond acceptors (Lipinski definition) is 2. The Bertz CT molecular complexity index is 137. The number of carbonyl (C=O) groups excluding carboxylic acids is 1. The standard InChI is InChI=1S/C9H18N2O/c1-8(2)10-6-4-5-7-11-9(3)12/h10H,1,4-7H2,2-3H3,(H,11,12). The Morgan fingerprint density at radius 3 is 2.08 bits per heavy atom. The highest BCUT2D eigenvalue weighted by atomic mass is 16.1. The second-order valence-electron chi connectivity index (χ2n) is 2.90. The molecule has 1 amide bonds. The van der Waals surface area contributed by atoms with Crippen LogP contribution in [0, 0.1) is 0 Å². The van der Waals surface area contributed by atoms with Crippen LogP contribution >= 0.6 is 0 Å². The molecule has 3 nitrogen and oxygen atoms in total. The molecule has 0 aliphatic carbocycles. The van der Waals surface area contributed by atoms with Crippen LogP contribution in [0.5, 0.6) is 0 Å². The third-order valence-corrected chi connectivity index (χ3v) is 1.40. The van der Waals surface area contributed by atoms with Gasteiger partial charge in [0.05, 0.1) is 0 Å². The summed E-state index contributed by atoms with van der Waals surface area (Å²) in [6.07, 6.45) is 2.08. The number of nitrogens with one attached hydrogen (secondary N) is 2. The van der Waals surface area contributed by atoms with Gasteiger partial charge in [0, 0.05) is 25.7 Å². The largest absolute Gasteiger partial charge is 0.389 e. The zero-order valence-electron chi connectivity index (χ0n) is 7.94. The molecule has 0 aromatic carbocycles. The Hall–Kier alpha value is -0.990. The quantitative estimate of drug-likeness (QED) is 0.584. The van der Waals surface area contributed by atoms with Crippen LogP contribution in [0.2, 0.25) is 0 Å². The predicted molar refractivity (Wildman–Crippen MR) is 50.7 cm³/mol. The molecule has 0 saturated carbocycles. The van der Waals surface area contributed by atoms with E-state index in [-0.39, 0.29) is 5.91 Å². The molecule has 0 spiro atoms. The van der Waals surface area contributed by atoms with Crippen molar-refractivity contribution in [2.45, 2.75) is 26.7 Å².